The van der Waals surface area contributed by atoms with Crippen LogP contribution in [0.1, 0.15) is 23.1 Å². The van der Waals surface area contributed by atoms with Crippen LogP contribution in [0.2, 0.25) is 0 Å². The third kappa shape index (κ3) is 2.21. The molecule has 1 atom stereocenters. The van der Waals surface area contributed by atoms with Gasteiger partial charge in [-0.1, -0.05) is 0 Å². The maximum atomic E-state index is 12.8. The molecule has 2 rings (SSSR count). The van der Waals surface area contributed by atoms with Crippen LogP contribution in [0.15, 0.2) is 30.9 Å². The monoisotopic (exact) mass is 257 g/mol. The van der Waals surface area contributed by atoms with E-state index in [9.17, 15) is 18.3 Å². The first-order valence-electron chi connectivity index (χ1n) is 5.07. The molecule has 0 amide bonds. The van der Waals surface area contributed by atoms with Crippen LogP contribution in [0.5, 0.6) is 0 Å². The average molecular weight is 257 g/mol. The Morgan fingerprint density at radius 2 is 2.06 bits per heavy atom. The van der Waals surface area contributed by atoms with Crippen molar-refractivity contribution in [3.63, 3.8) is 0 Å². The summed E-state index contributed by atoms with van der Waals surface area (Å²) in [5, 5.41) is 9.98. The molecule has 0 aromatic carbocycles. The fraction of sp³-hybridized carbons (Fsp3) is 0.273. The number of aliphatic hydroxyl groups excluding tert-OH is 1. The fourth-order valence-electron chi connectivity index (χ4n) is 1.66. The van der Waals surface area contributed by atoms with Gasteiger partial charge in [-0.15, -0.1) is 0 Å². The number of halogens is 3. The Morgan fingerprint density at radius 1 is 1.33 bits per heavy atom. The molecule has 2 aromatic heterocycles. The van der Waals surface area contributed by atoms with Crippen LogP contribution in [0, 0.1) is 0 Å². The minimum Gasteiger partial charge on any atom is -0.380 e. The van der Waals surface area contributed by atoms with Crippen molar-refractivity contribution in [2.45, 2.75) is 12.3 Å². The van der Waals surface area contributed by atoms with Crippen molar-refractivity contribution >= 4 is 0 Å². The Labute approximate surface area is 101 Å². The number of aliphatic hydroxyl groups is 1. The molecule has 0 aliphatic carbocycles. The average Bonchev–Trinajstić information content (AvgIpc) is 2.73. The molecule has 0 saturated carbocycles. The van der Waals surface area contributed by atoms with E-state index < -0.39 is 17.8 Å². The number of rotatable bonds is 2. The molecule has 4 nitrogen and oxygen atoms in total. The third-order valence-electron chi connectivity index (χ3n) is 2.55. The summed E-state index contributed by atoms with van der Waals surface area (Å²) in [4.78, 5) is 7.46. The van der Waals surface area contributed by atoms with E-state index in [-0.39, 0.29) is 11.4 Å². The number of alkyl halides is 3. The van der Waals surface area contributed by atoms with E-state index in [1.165, 1.54) is 10.8 Å². The van der Waals surface area contributed by atoms with Crippen LogP contribution in [-0.2, 0) is 13.2 Å². The summed E-state index contributed by atoms with van der Waals surface area (Å²) < 4.78 is 39.8. The lowest BCUT2D eigenvalue weighted by Gasteiger charge is -2.16. The fourth-order valence-corrected chi connectivity index (χ4v) is 1.66. The molecule has 0 saturated heterocycles. The number of imidazole rings is 1. The van der Waals surface area contributed by atoms with Crippen molar-refractivity contribution in [1.29, 1.82) is 0 Å². The van der Waals surface area contributed by atoms with E-state index in [0.29, 0.717) is 0 Å². The first-order chi connectivity index (χ1) is 8.41. The standard InChI is InChI=1S/C11H10F3N3O/c1-17-5-4-16-10(17)9(18)7-6-15-3-2-8(7)11(12,13)14/h2-6,9,18H,1H3. The zero-order valence-electron chi connectivity index (χ0n) is 9.39. The van der Waals surface area contributed by atoms with Crippen molar-refractivity contribution in [2.24, 2.45) is 7.05 Å². The van der Waals surface area contributed by atoms with Crippen LogP contribution >= 0.6 is 0 Å². The maximum Gasteiger partial charge on any atom is 0.416 e. The van der Waals surface area contributed by atoms with Gasteiger partial charge in [0.05, 0.1) is 5.56 Å². The Hall–Kier alpha value is -1.89. The van der Waals surface area contributed by atoms with Crippen LogP contribution in [0.4, 0.5) is 13.2 Å². The molecular weight excluding hydrogens is 247 g/mol. The number of hydrogen-bond donors (Lipinski definition) is 1. The molecule has 0 aliphatic rings. The van der Waals surface area contributed by atoms with Crippen molar-refractivity contribution in [2.75, 3.05) is 0 Å². The molecule has 18 heavy (non-hydrogen) atoms. The zero-order valence-corrected chi connectivity index (χ0v) is 9.39. The van der Waals surface area contributed by atoms with E-state index in [4.69, 9.17) is 0 Å². The van der Waals surface area contributed by atoms with Gasteiger partial charge in [-0.3, -0.25) is 4.98 Å². The second kappa shape index (κ2) is 4.41. The highest BCUT2D eigenvalue weighted by atomic mass is 19.4. The predicted molar refractivity (Wildman–Crippen MR) is 56.5 cm³/mol. The van der Waals surface area contributed by atoms with Gasteiger partial charge >= 0.3 is 6.18 Å². The third-order valence-corrected chi connectivity index (χ3v) is 2.55. The van der Waals surface area contributed by atoms with Gasteiger partial charge < -0.3 is 9.67 Å². The van der Waals surface area contributed by atoms with Gasteiger partial charge in [0.1, 0.15) is 11.9 Å². The van der Waals surface area contributed by atoms with E-state index in [2.05, 4.69) is 9.97 Å². The number of pyridine rings is 1. The number of nitrogens with zero attached hydrogens (tertiary/aromatic N) is 3. The van der Waals surface area contributed by atoms with E-state index in [1.54, 1.807) is 13.2 Å². The van der Waals surface area contributed by atoms with E-state index in [1.807, 2.05) is 0 Å². The van der Waals surface area contributed by atoms with Crippen LogP contribution < -0.4 is 0 Å². The first-order valence-corrected chi connectivity index (χ1v) is 5.07. The molecular formula is C11H10F3N3O. The SMILES string of the molecule is Cn1ccnc1C(O)c1cnccc1C(F)(F)F. The zero-order chi connectivity index (χ0) is 13.3. The van der Waals surface area contributed by atoms with Gasteiger partial charge in [-0.2, -0.15) is 13.2 Å². The van der Waals surface area contributed by atoms with E-state index in [0.717, 1.165) is 18.5 Å². The van der Waals surface area contributed by atoms with Crippen molar-refractivity contribution in [3.05, 3.63) is 47.8 Å². The molecule has 0 fully saturated rings. The van der Waals surface area contributed by atoms with Crippen molar-refractivity contribution < 1.29 is 18.3 Å². The highest BCUT2D eigenvalue weighted by Crippen LogP contribution is 2.35. The summed E-state index contributed by atoms with van der Waals surface area (Å²) in [6.45, 7) is 0. The largest absolute Gasteiger partial charge is 0.416 e. The molecule has 1 N–H and O–H groups in total. The van der Waals surface area contributed by atoms with Crippen LogP contribution in [0.3, 0.4) is 0 Å². The van der Waals surface area contributed by atoms with Gasteiger partial charge in [-0.05, 0) is 6.07 Å². The predicted octanol–water partition coefficient (Wildman–Crippen LogP) is 1.92. The minimum atomic E-state index is -4.54. The molecule has 1 unspecified atom stereocenters. The Kier molecular flexibility index (Phi) is 3.08. The van der Waals surface area contributed by atoms with Crippen LogP contribution in [0.25, 0.3) is 0 Å². The minimum absolute atomic E-state index is 0.133. The lowest BCUT2D eigenvalue weighted by atomic mass is 10.0. The smallest absolute Gasteiger partial charge is 0.380 e. The highest BCUT2D eigenvalue weighted by Gasteiger charge is 2.35. The number of hydrogen-bond acceptors (Lipinski definition) is 3. The summed E-state index contributed by atoms with van der Waals surface area (Å²) in [6, 6.07) is 0.835. The molecule has 0 spiro atoms. The summed E-state index contributed by atoms with van der Waals surface area (Å²) >= 11 is 0. The molecule has 2 aromatic rings. The van der Waals surface area contributed by atoms with Crippen molar-refractivity contribution in [3.8, 4) is 0 Å². The van der Waals surface area contributed by atoms with E-state index >= 15 is 0 Å². The van der Waals surface area contributed by atoms with Gasteiger partial charge in [-0.25, -0.2) is 4.98 Å². The molecule has 96 valence electrons. The maximum absolute atomic E-state index is 12.8. The van der Waals surface area contributed by atoms with Gasteiger partial charge in [0.25, 0.3) is 0 Å². The van der Waals surface area contributed by atoms with Gasteiger partial charge in [0.2, 0.25) is 0 Å². The lowest BCUT2D eigenvalue weighted by molar-refractivity contribution is -0.139. The quantitative estimate of drug-likeness (QED) is 0.894. The Bertz CT molecular complexity index is 550. The first kappa shape index (κ1) is 12.6. The number of aromatic nitrogens is 3. The summed E-state index contributed by atoms with van der Waals surface area (Å²) in [5.41, 5.74) is -1.22. The van der Waals surface area contributed by atoms with Crippen molar-refractivity contribution in [1.82, 2.24) is 14.5 Å². The molecule has 0 bridgehead atoms. The molecule has 0 radical (unpaired) electrons. The molecule has 2 heterocycles. The second-order valence-electron chi connectivity index (χ2n) is 3.76. The van der Waals surface area contributed by atoms with Gasteiger partial charge in [0, 0.05) is 37.4 Å². The molecule has 7 heteroatoms. The normalized spacial score (nSPS) is 13.6. The number of aryl methyl sites for hydroxylation is 1. The van der Waals surface area contributed by atoms with Crippen LogP contribution in [-0.4, -0.2) is 19.6 Å². The Morgan fingerprint density at radius 3 is 2.61 bits per heavy atom. The summed E-state index contributed by atoms with van der Waals surface area (Å²) in [6.07, 6.45) is -1.01. The highest BCUT2D eigenvalue weighted by molar-refractivity contribution is 5.31. The van der Waals surface area contributed by atoms with Gasteiger partial charge in [0.15, 0.2) is 0 Å². The lowest BCUT2D eigenvalue weighted by Crippen LogP contribution is -2.15. The topological polar surface area (TPSA) is 50.9 Å². The Balaban J connectivity index is 2.49. The second-order valence-corrected chi connectivity index (χ2v) is 3.76. The summed E-state index contributed by atoms with van der Waals surface area (Å²) in [7, 11) is 1.59. The molecule has 0 aliphatic heterocycles. The summed E-state index contributed by atoms with van der Waals surface area (Å²) in [5.74, 6) is 0.133.